The average molecular weight is 408 g/mol. The molecule has 0 aliphatic heterocycles. The second-order valence-electron chi connectivity index (χ2n) is 5.77. The summed E-state index contributed by atoms with van der Waals surface area (Å²) in [5, 5.41) is 0. The minimum atomic E-state index is -4.63. The largest absolute Gasteiger partial charge is 0.487 e. The van der Waals surface area contributed by atoms with Crippen LogP contribution in [0.5, 0.6) is 5.75 Å². The molecule has 1 aromatic heterocycles. The number of halogens is 3. The summed E-state index contributed by atoms with van der Waals surface area (Å²) in [6.07, 6.45) is -3.01. The Kier molecular flexibility index (Phi) is 5.55. The van der Waals surface area contributed by atoms with Gasteiger partial charge in [0.2, 0.25) is 0 Å². The number of alkyl halides is 3. The lowest BCUT2D eigenvalue weighted by atomic mass is 10.2. The number of pyridine rings is 1. The number of aromatic nitrogens is 1. The number of nitrogens with one attached hydrogen (secondary N) is 1. The number of ether oxygens (including phenoxy) is 1. The van der Waals surface area contributed by atoms with Gasteiger partial charge >= 0.3 is 6.18 Å². The molecule has 0 bridgehead atoms. The fraction of sp³-hybridized carbons (Fsp3) is 0.105. The Morgan fingerprint density at radius 3 is 2.46 bits per heavy atom. The molecule has 5 nitrogen and oxygen atoms in total. The molecule has 0 spiro atoms. The van der Waals surface area contributed by atoms with Crippen molar-refractivity contribution in [1.82, 2.24) is 4.98 Å². The zero-order valence-corrected chi connectivity index (χ0v) is 15.2. The second-order valence-corrected chi connectivity index (χ2v) is 7.45. The standard InChI is InChI=1S/C19H15F3N2O3S/c20-19(21,22)14-5-3-9-18(11-14)28(25,26)24-15-7-4-8-17(12-15)27-13-16-6-1-2-10-23-16/h1-12,24H,13H2. The molecule has 0 atom stereocenters. The summed E-state index contributed by atoms with van der Waals surface area (Å²) in [7, 11) is -4.20. The highest BCUT2D eigenvalue weighted by molar-refractivity contribution is 7.92. The van der Waals surface area contributed by atoms with Gasteiger partial charge < -0.3 is 4.74 Å². The molecule has 0 aliphatic rings. The fourth-order valence-corrected chi connectivity index (χ4v) is 3.44. The first-order valence-electron chi connectivity index (χ1n) is 8.07. The van der Waals surface area contributed by atoms with Crippen molar-refractivity contribution >= 4 is 15.7 Å². The van der Waals surface area contributed by atoms with Gasteiger partial charge in [0.25, 0.3) is 10.0 Å². The van der Waals surface area contributed by atoms with E-state index >= 15 is 0 Å². The van der Waals surface area contributed by atoms with E-state index in [1.807, 2.05) is 6.07 Å². The Hall–Kier alpha value is -3.07. The molecular weight excluding hydrogens is 393 g/mol. The van der Waals surface area contributed by atoms with Crippen LogP contribution >= 0.6 is 0 Å². The summed E-state index contributed by atoms with van der Waals surface area (Å²) in [4.78, 5) is 3.63. The van der Waals surface area contributed by atoms with E-state index in [-0.39, 0.29) is 12.3 Å². The topological polar surface area (TPSA) is 68.3 Å². The predicted molar refractivity (Wildman–Crippen MR) is 97.3 cm³/mol. The highest BCUT2D eigenvalue weighted by Crippen LogP contribution is 2.31. The molecule has 0 fully saturated rings. The quantitative estimate of drug-likeness (QED) is 0.653. The molecule has 0 radical (unpaired) electrons. The smallest absolute Gasteiger partial charge is 0.416 e. The van der Waals surface area contributed by atoms with Crippen LogP contribution in [0.15, 0.2) is 77.8 Å². The van der Waals surface area contributed by atoms with Crippen LogP contribution in [0.2, 0.25) is 0 Å². The number of anilines is 1. The molecule has 0 saturated carbocycles. The van der Waals surface area contributed by atoms with Gasteiger partial charge in [-0.25, -0.2) is 8.42 Å². The number of benzene rings is 2. The molecule has 0 aliphatic carbocycles. The van der Waals surface area contributed by atoms with Crippen molar-refractivity contribution in [3.63, 3.8) is 0 Å². The van der Waals surface area contributed by atoms with Gasteiger partial charge in [-0.05, 0) is 42.5 Å². The first-order valence-corrected chi connectivity index (χ1v) is 9.55. The first-order chi connectivity index (χ1) is 13.2. The van der Waals surface area contributed by atoms with E-state index in [4.69, 9.17) is 4.74 Å². The first kappa shape index (κ1) is 19.7. The third-order valence-corrected chi connectivity index (χ3v) is 5.05. The molecule has 0 amide bonds. The monoisotopic (exact) mass is 408 g/mol. The SMILES string of the molecule is O=S(=O)(Nc1cccc(OCc2ccccn2)c1)c1cccc(C(F)(F)F)c1. The molecule has 146 valence electrons. The number of nitrogens with zero attached hydrogens (tertiary/aromatic N) is 1. The maximum atomic E-state index is 12.8. The summed E-state index contributed by atoms with van der Waals surface area (Å²) < 4.78 is 71.2. The highest BCUT2D eigenvalue weighted by Gasteiger charge is 2.31. The second kappa shape index (κ2) is 7.89. The Balaban J connectivity index is 1.76. The van der Waals surface area contributed by atoms with Crippen molar-refractivity contribution in [2.45, 2.75) is 17.7 Å². The van der Waals surface area contributed by atoms with Crippen LogP contribution in [0.3, 0.4) is 0 Å². The van der Waals surface area contributed by atoms with Crippen LogP contribution in [0.25, 0.3) is 0 Å². The van der Waals surface area contributed by atoms with Crippen molar-refractivity contribution in [2.24, 2.45) is 0 Å². The number of hydrogen-bond donors (Lipinski definition) is 1. The minimum Gasteiger partial charge on any atom is -0.487 e. The lowest BCUT2D eigenvalue weighted by Crippen LogP contribution is -2.14. The Morgan fingerprint density at radius 2 is 1.75 bits per heavy atom. The number of sulfonamides is 1. The normalized spacial score (nSPS) is 11.8. The molecule has 2 aromatic carbocycles. The maximum Gasteiger partial charge on any atom is 0.416 e. The van der Waals surface area contributed by atoms with Crippen molar-refractivity contribution < 1.29 is 26.3 Å². The lowest BCUT2D eigenvalue weighted by Gasteiger charge is -2.12. The average Bonchev–Trinajstić information content (AvgIpc) is 2.67. The summed E-state index contributed by atoms with van der Waals surface area (Å²) in [6, 6.07) is 15.0. The van der Waals surface area contributed by atoms with E-state index in [1.165, 1.54) is 12.1 Å². The van der Waals surface area contributed by atoms with Gasteiger partial charge in [-0.2, -0.15) is 13.2 Å². The highest BCUT2D eigenvalue weighted by atomic mass is 32.2. The lowest BCUT2D eigenvalue weighted by molar-refractivity contribution is -0.137. The Labute approximate surface area is 159 Å². The maximum absolute atomic E-state index is 12.8. The van der Waals surface area contributed by atoms with Crippen molar-refractivity contribution in [3.05, 3.63) is 84.2 Å². The molecule has 1 heterocycles. The van der Waals surface area contributed by atoms with E-state index < -0.39 is 26.7 Å². The van der Waals surface area contributed by atoms with Crippen molar-refractivity contribution in [2.75, 3.05) is 4.72 Å². The van der Waals surface area contributed by atoms with Crippen LogP contribution in [0.1, 0.15) is 11.3 Å². The predicted octanol–water partition coefficient (Wildman–Crippen LogP) is 4.48. The number of rotatable bonds is 6. The summed E-state index contributed by atoms with van der Waals surface area (Å²) in [6.45, 7) is 0.185. The van der Waals surface area contributed by atoms with Crippen LogP contribution in [0.4, 0.5) is 18.9 Å². The van der Waals surface area contributed by atoms with Gasteiger partial charge in [-0.1, -0.05) is 18.2 Å². The van der Waals surface area contributed by atoms with Crippen molar-refractivity contribution in [3.8, 4) is 5.75 Å². The van der Waals surface area contributed by atoms with Crippen LogP contribution in [0, 0.1) is 0 Å². The Morgan fingerprint density at radius 1 is 0.964 bits per heavy atom. The van der Waals surface area contributed by atoms with Gasteiger partial charge in [-0.15, -0.1) is 0 Å². The molecule has 0 saturated heterocycles. The summed E-state index contributed by atoms with van der Waals surface area (Å²) >= 11 is 0. The third kappa shape index (κ3) is 5.01. The summed E-state index contributed by atoms with van der Waals surface area (Å²) in [5.74, 6) is 0.384. The van der Waals surface area contributed by atoms with Gasteiger partial charge in [0.05, 0.1) is 21.8 Å². The number of hydrogen-bond acceptors (Lipinski definition) is 4. The zero-order valence-electron chi connectivity index (χ0n) is 14.3. The minimum absolute atomic E-state index is 0.163. The van der Waals surface area contributed by atoms with E-state index in [9.17, 15) is 21.6 Å². The Bertz CT molecular complexity index is 1060. The van der Waals surface area contributed by atoms with Gasteiger partial charge in [0.1, 0.15) is 12.4 Å². The van der Waals surface area contributed by atoms with Crippen molar-refractivity contribution in [1.29, 1.82) is 0 Å². The van der Waals surface area contributed by atoms with Crippen LogP contribution in [-0.2, 0) is 22.8 Å². The third-order valence-electron chi connectivity index (χ3n) is 3.67. The van der Waals surface area contributed by atoms with E-state index in [1.54, 1.807) is 30.5 Å². The molecular formula is C19H15F3N2O3S. The van der Waals surface area contributed by atoms with Gasteiger partial charge in [0, 0.05) is 12.3 Å². The van der Waals surface area contributed by atoms with Crippen LogP contribution < -0.4 is 9.46 Å². The molecule has 3 aromatic rings. The molecule has 9 heteroatoms. The zero-order chi connectivity index (χ0) is 20.2. The van der Waals surface area contributed by atoms with E-state index in [0.29, 0.717) is 17.5 Å². The van der Waals surface area contributed by atoms with E-state index in [0.717, 1.165) is 18.2 Å². The van der Waals surface area contributed by atoms with Gasteiger partial charge in [0.15, 0.2) is 0 Å². The van der Waals surface area contributed by atoms with Gasteiger partial charge in [-0.3, -0.25) is 9.71 Å². The molecule has 28 heavy (non-hydrogen) atoms. The fourth-order valence-electron chi connectivity index (χ4n) is 2.34. The molecule has 1 N–H and O–H groups in total. The van der Waals surface area contributed by atoms with E-state index in [2.05, 4.69) is 9.71 Å². The summed E-state index contributed by atoms with van der Waals surface area (Å²) in [5.41, 5.74) is -0.184. The molecule has 0 unspecified atom stereocenters. The van der Waals surface area contributed by atoms with Crippen LogP contribution in [-0.4, -0.2) is 13.4 Å². The molecule has 3 rings (SSSR count).